The van der Waals surface area contributed by atoms with Gasteiger partial charge in [-0.15, -0.1) is 0 Å². The van der Waals surface area contributed by atoms with Crippen LogP contribution in [0.25, 0.3) is 0 Å². The van der Waals surface area contributed by atoms with Gasteiger partial charge < -0.3 is 0 Å². The summed E-state index contributed by atoms with van der Waals surface area (Å²) in [7, 11) is 1.88. The van der Waals surface area contributed by atoms with E-state index < -0.39 is 0 Å². The molecule has 3 aliphatic rings. The van der Waals surface area contributed by atoms with Crippen molar-refractivity contribution in [3.63, 3.8) is 0 Å². The quantitative estimate of drug-likeness (QED) is 0.727. The minimum atomic E-state index is -0.0404. The summed E-state index contributed by atoms with van der Waals surface area (Å²) >= 11 is 0.640. The molecule has 0 aromatic heterocycles. The molecular formula is C17H28O2Se. The third-order valence-electron chi connectivity index (χ3n) is 6.72. The predicted molar refractivity (Wildman–Crippen MR) is 82.1 cm³/mol. The number of ether oxygens (including phenoxy) is 1. The molecule has 0 aromatic rings. The zero-order valence-corrected chi connectivity index (χ0v) is 15.0. The van der Waals surface area contributed by atoms with E-state index in [-0.39, 0.29) is 10.8 Å². The number of hydrogen-bond donors (Lipinski definition) is 0. The standard InChI is InChI=1S/C17H28O2Se/c1-16(2)11-9-15(18)17(16,3)10-14(11)20-13-8-6-5-7-12(13)19-4/h11-14H,5-10H2,1-4H3/t11?,12?,13?,14-,17?/m1/s1. The van der Waals surface area contributed by atoms with Gasteiger partial charge >= 0.3 is 129 Å². The maximum absolute atomic E-state index is 12.3. The summed E-state index contributed by atoms with van der Waals surface area (Å²) in [5.74, 6) is 1.17. The van der Waals surface area contributed by atoms with Crippen molar-refractivity contribution in [1.82, 2.24) is 0 Å². The van der Waals surface area contributed by atoms with Gasteiger partial charge in [0.25, 0.3) is 0 Å². The van der Waals surface area contributed by atoms with Crippen LogP contribution in [0.5, 0.6) is 0 Å². The van der Waals surface area contributed by atoms with Gasteiger partial charge in [0.2, 0.25) is 0 Å². The van der Waals surface area contributed by atoms with E-state index in [1.54, 1.807) is 0 Å². The van der Waals surface area contributed by atoms with Crippen LogP contribution >= 0.6 is 0 Å². The van der Waals surface area contributed by atoms with Crippen LogP contribution in [-0.2, 0) is 9.53 Å². The summed E-state index contributed by atoms with van der Waals surface area (Å²) in [6, 6.07) is 0. The number of Topliss-reactive ketones (excluding diaryl/α,β-unsaturated/α-hetero) is 1. The van der Waals surface area contributed by atoms with Gasteiger partial charge in [0.1, 0.15) is 0 Å². The van der Waals surface area contributed by atoms with Gasteiger partial charge in [-0.05, 0) is 0 Å². The van der Waals surface area contributed by atoms with Crippen LogP contribution in [0.2, 0.25) is 9.63 Å². The van der Waals surface area contributed by atoms with Gasteiger partial charge in [-0.1, -0.05) is 0 Å². The van der Waals surface area contributed by atoms with Crippen LogP contribution in [0.15, 0.2) is 0 Å². The Kier molecular flexibility index (Phi) is 3.84. The molecule has 114 valence electrons. The molecule has 0 spiro atoms. The van der Waals surface area contributed by atoms with E-state index in [0.717, 1.165) is 22.5 Å². The summed E-state index contributed by atoms with van der Waals surface area (Å²) in [4.78, 5) is 13.9. The van der Waals surface area contributed by atoms with Gasteiger partial charge in [0, 0.05) is 0 Å². The second-order valence-electron chi connectivity index (χ2n) is 7.76. The molecule has 3 fully saturated rings. The van der Waals surface area contributed by atoms with Crippen molar-refractivity contribution in [3.05, 3.63) is 0 Å². The summed E-state index contributed by atoms with van der Waals surface area (Å²) in [6.45, 7) is 6.92. The van der Waals surface area contributed by atoms with Crippen LogP contribution in [0, 0.1) is 16.7 Å². The molecule has 0 aromatic carbocycles. The number of rotatable bonds is 3. The first kappa shape index (κ1) is 15.1. The Bertz CT molecular complexity index is 406. The Morgan fingerprint density at radius 3 is 2.40 bits per heavy atom. The van der Waals surface area contributed by atoms with Gasteiger partial charge in [-0.25, -0.2) is 0 Å². The fraction of sp³-hybridized carbons (Fsp3) is 0.941. The van der Waals surface area contributed by atoms with Crippen LogP contribution in [-0.4, -0.2) is 34.0 Å². The van der Waals surface area contributed by atoms with Crippen molar-refractivity contribution in [3.8, 4) is 0 Å². The number of carbonyl (C=O) groups is 1. The van der Waals surface area contributed by atoms with Crippen LogP contribution < -0.4 is 0 Å². The minimum absolute atomic E-state index is 0.0404. The van der Waals surface area contributed by atoms with Gasteiger partial charge in [-0.3, -0.25) is 0 Å². The van der Waals surface area contributed by atoms with Crippen LogP contribution in [0.4, 0.5) is 0 Å². The molecule has 0 aliphatic heterocycles. The van der Waals surface area contributed by atoms with E-state index in [2.05, 4.69) is 20.8 Å². The third-order valence-corrected chi connectivity index (χ3v) is 10.4. The Morgan fingerprint density at radius 1 is 1.15 bits per heavy atom. The molecule has 2 nitrogen and oxygen atoms in total. The summed E-state index contributed by atoms with van der Waals surface area (Å²) in [6.07, 6.45) is 7.81. The average molecular weight is 343 g/mol. The molecule has 20 heavy (non-hydrogen) atoms. The summed E-state index contributed by atoms with van der Waals surface area (Å²) < 4.78 is 5.74. The molecule has 0 N–H and O–H groups in total. The molecule has 0 amide bonds. The first-order valence-electron chi connectivity index (χ1n) is 8.11. The van der Waals surface area contributed by atoms with Crippen molar-refractivity contribution < 1.29 is 9.53 Å². The second-order valence-corrected chi connectivity index (χ2v) is 10.9. The van der Waals surface area contributed by atoms with Crippen molar-refractivity contribution in [1.29, 1.82) is 0 Å². The van der Waals surface area contributed by atoms with Gasteiger partial charge in [0.05, 0.1) is 0 Å². The van der Waals surface area contributed by atoms with E-state index in [9.17, 15) is 4.79 Å². The number of ketones is 1. The average Bonchev–Trinajstić information content (AvgIpc) is 2.70. The second kappa shape index (κ2) is 5.11. The molecule has 0 saturated heterocycles. The predicted octanol–water partition coefficient (Wildman–Crippen LogP) is 3.88. The molecule has 2 bridgehead atoms. The molecular weight excluding hydrogens is 315 g/mol. The third kappa shape index (κ3) is 2.04. The molecule has 3 heteroatoms. The number of hydrogen-bond acceptors (Lipinski definition) is 2. The monoisotopic (exact) mass is 344 g/mol. The van der Waals surface area contributed by atoms with E-state index in [1.165, 1.54) is 25.7 Å². The molecule has 3 aliphatic carbocycles. The summed E-state index contributed by atoms with van der Waals surface area (Å²) in [5, 5.41) is 0. The van der Waals surface area contributed by atoms with Crippen LogP contribution in [0.3, 0.4) is 0 Å². The number of carbonyl (C=O) groups excluding carboxylic acids is 1. The first-order chi connectivity index (χ1) is 9.40. The van der Waals surface area contributed by atoms with E-state index >= 15 is 0 Å². The summed E-state index contributed by atoms with van der Waals surface area (Å²) in [5.41, 5.74) is 0.176. The van der Waals surface area contributed by atoms with E-state index in [1.807, 2.05) is 7.11 Å². The topological polar surface area (TPSA) is 26.3 Å². The van der Waals surface area contributed by atoms with Crippen LogP contribution in [0.1, 0.15) is 59.3 Å². The normalized spacial score (nSPS) is 46.9. The number of methoxy groups -OCH3 is 1. The van der Waals surface area contributed by atoms with Crippen molar-refractivity contribution >= 4 is 20.7 Å². The Balaban J connectivity index is 1.73. The van der Waals surface area contributed by atoms with Crippen molar-refractivity contribution in [2.45, 2.75) is 75.0 Å². The van der Waals surface area contributed by atoms with E-state index in [4.69, 9.17) is 4.74 Å². The Hall–Kier alpha value is 0.149. The van der Waals surface area contributed by atoms with Gasteiger partial charge in [-0.2, -0.15) is 0 Å². The first-order valence-corrected chi connectivity index (χ1v) is 10.1. The molecule has 5 atom stereocenters. The molecule has 3 saturated carbocycles. The van der Waals surface area contributed by atoms with Crippen molar-refractivity contribution in [2.75, 3.05) is 7.11 Å². The fourth-order valence-corrected chi connectivity index (χ4v) is 9.50. The van der Waals surface area contributed by atoms with Crippen molar-refractivity contribution in [2.24, 2.45) is 16.7 Å². The molecule has 4 unspecified atom stereocenters. The SMILES string of the molecule is COC1CCCCC1[Se][C@@H]1CC2(C)C(=O)CC1C2(C)C. The zero-order valence-electron chi connectivity index (χ0n) is 13.3. The zero-order chi connectivity index (χ0) is 14.5. The van der Waals surface area contributed by atoms with E-state index in [0.29, 0.717) is 32.8 Å². The molecule has 0 heterocycles. The maximum atomic E-state index is 12.3. The Labute approximate surface area is 129 Å². The Morgan fingerprint density at radius 2 is 1.85 bits per heavy atom. The fourth-order valence-electron chi connectivity index (χ4n) is 4.82. The molecule has 3 rings (SSSR count). The molecule has 0 radical (unpaired) electrons. The number of fused-ring (bicyclic) bond motifs is 2. The van der Waals surface area contributed by atoms with Gasteiger partial charge in [0.15, 0.2) is 0 Å².